The third-order valence-corrected chi connectivity index (χ3v) is 4.34. The minimum atomic E-state index is -0.302. The standard InChI is InChI=1S/C22H15ClN2O3/c23-15-8-5-14(6-9-15)7-12-21(27)24-16-10-11-19(26)17(13-16)22-25-18-3-1-2-4-20(18)28-22/h1-13,26H,(H,24,27)/b12-7+. The van der Waals surface area contributed by atoms with Crippen LogP contribution >= 0.6 is 11.6 Å². The number of oxazole rings is 1. The molecule has 3 aromatic carbocycles. The third kappa shape index (κ3) is 3.89. The van der Waals surface area contributed by atoms with E-state index in [0.29, 0.717) is 27.4 Å². The van der Waals surface area contributed by atoms with Gasteiger partial charge in [-0.1, -0.05) is 35.9 Å². The van der Waals surface area contributed by atoms with Crippen LogP contribution in [0.1, 0.15) is 5.56 Å². The second-order valence-corrected chi connectivity index (χ2v) is 6.53. The Hall–Kier alpha value is -3.57. The molecule has 0 aliphatic rings. The van der Waals surface area contributed by atoms with Crippen LogP contribution in [0.3, 0.4) is 0 Å². The van der Waals surface area contributed by atoms with E-state index in [9.17, 15) is 9.90 Å². The predicted molar refractivity (Wildman–Crippen MR) is 110 cm³/mol. The summed E-state index contributed by atoms with van der Waals surface area (Å²) in [4.78, 5) is 16.6. The monoisotopic (exact) mass is 390 g/mol. The Morgan fingerprint density at radius 1 is 1.07 bits per heavy atom. The Morgan fingerprint density at radius 2 is 1.86 bits per heavy atom. The molecule has 0 saturated heterocycles. The summed E-state index contributed by atoms with van der Waals surface area (Å²) in [5.74, 6) is -0.00285. The molecule has 1 heterocycles. The summed E-state index contributed by atoms with van der Waals surface area (Å²) in [5, 5.41) is 13.6. The minimum absolute atomic E-state index is 0.0151. The van der Waals surface area contributed by atoms with Gasteiger partial charge in [0.05, 0.1) is 5.56 Å². The second kappa shape index (κ2) is 7.58. The van der Waals surface area contributed by atoms with E-state index in [0.717, 1.165) is 5.56 Å². The number of hydrogen-bond donors (Lipinski definition) is 2. The highest BCUT2D eigenvalue weighted by atomic mass is 35.5. The van der Waals surface area contributed by atoms with Crippen LogP contribution in [-0.2, 0) is 4.79 Å². The minimum Gasteiger partial charge on any atom is -0.507 e. The average Bonchev–Trinajstić information content (AvgIpc) is 3.13. The Bertz CT molecular complexity index is 1150. The highest BCUT2D eigenvalue weighted by Crippen LogP contribution is 2.33. The molecule has 0 atom stereocenters. The first-order chi connectivity index (χ1) is 13.6. The predicted octanol–water partition coefficient (Wildman–Crippen LogP) is 5.51. The van der Waals surface area contributed by atoms with Crippen molar-refractivity contribution in [3.63, 3.8) is 0 Å². The molecule has 138 valence electrons. The van der Waals surface area contributed by atoms with Crippen molar-refractivity contribution in [1.82, 2.24) is 4.98 Å². The van der Waals surface area contributed by atoms with Crippen molar-refractivity contribution in [1.29, 1.82) is 0 Å². The molecule has 1 aromatic heterocycles. The van der Waals surface area contributed by atoms with E-state index in [2.05, 4.69) is 10.3 Å². The van der Waals surface area contributed by atoms with Gasteiger partial charge in [-0.25, -0.2) is 4.98 Å². The number of rotatable bonds is 4. The molecular formula is C22H15ClN2O3. The van der Waals surface area contributed by atoms with Crippen LogP contribution in [0.15, 0.2) is 77.2 Å². The first-order valence-corrected chi connectivity index (χ1v) is 8.90. The SMILES string of the molecule is O=C(/C=C/c1ccc(Cl)cc1)Nc1ccc(O)c(-c2nc3ccccc3o2)c1. The number of hydrogen-bond acceptors (Lipinski definition) is 4. The Morgan fingerprint density at radius 3 is 2.64 bits per heavy atom. The van der Waals surface area contributed by atoms with E-state index >= 15 is 0 Å². The molecule has 0 saturated carbocycles. The lowest BCUT2D eigenvalue weighted by molar-refractivity contribution is -0.111. The molecule has 0 radical (unpaired) electrons. The summed E-state index contributed by atoms with van der Waals surface area (Å²) in [5.41, 5.74) is 3.09. The maximum atomic E-state index is 12.2. The number of fused-ring (bicyclic) bond motifs is 1. The van der Waals surface area contributed by atoms with Crippen LogP contribution in [0, 0.1) is 0 Å². The number of nitrogens with one attached hydrogen (secondary N) is 1. The van der Waals surface area contributed by atoms with Crippen molar-refractivity contribution in [2.75, 3.05) is 5.32 Å². The molecule has 0 aliphatic heterocycles. The Labute approximate surface area is 165 Å². The Balaban J connectivity index is 1.55. The highest BCUT2D eigenvalue weighted by Gasteiger charge is 2.13. The van der Waals surface area contributed by atoms with Crippen molar-refractivity contribution in [3.8, 4) is 17.2 Å². The van der Waals surface area contributed by atoms with Crippen molar-refractivity contribution in [3.05, 3.63) is 83.4 Å². The van der Waals surface area contributed by atoms with Gasteiger partial charge in [-0.15, -0.1) is 0 Å². The number of carbonyl (C=O) groups excluding carboxylic acids is 1. The molecule has 4 rings (SSSR count). The van der Waals surface area contributed by atoms with E-state index in [4.69, 9.17) is 16.0 Å². The van der Waals surface area contributed by atoms with Crippen LogP contribution in [0.4, 0.5) is 5.69 Å². The summed E-state index contributed by atoms with van der Waals surface area (Å²) in [6, 6.07) is 19.2. The van der Waals surface area contributed by atoms with Gasteiger partial charge < -0.3 is 14.8 Å². The first kappa shape index (κ1) is 17.8. The van der Waals surface area contributed by atoms with Gasteiger partial charge in [-0.3, -0.25) is 4.79 Å². The molecule has 1 amide bonds. The van der Waals surface area contributed by atoms with Crippen LogP contribution < -0.4 is 5.32 Å². The molecule has 0 spiro atoms. The van der Waals surface area contributed by atoms with Gasteiger partial charge in [-0.2, -0.15) is 0 Å². The third-order valence-electron chi connectivity index (χ3n) is 4.09. The van der Waals surface area contributed by atoms with E-state index in [1.165, 1.54) is 12.1 Å². The zero-order valence-corrected chi connectivity index (χ0v) is 15.4. The number of aromatic hydroxyl groups is 1. The summed E-state index contributed by atoms with van der Waals surface area (Å²) in [7, 11) is 0. The molecule has 0 fully saturated rings. The maximum Gasteiger partial charge on any atom is 0.248 e. The van der Waals surface area contributed by atoms with E-state index in [1.54, 1.807) is 36.4 Å². The fourth-order valence-corrected chi connectivity index (χ4v) is 2.83. The van der Waals surface area contributed by atoms with Gasteiger partial charge in [-0.05, 0) is 54.1 Å². The number of amides is 1. The average molecular weight is 391 g/mol. The number of carbonyl (C=O) groups is 1. The highest BCUT2D eigenvalue weighted by molar-refractivity contribution is 6.30. The fraction of sp³-hybridized carbons (Fsp3) is 0. The number of benzene rings is 3. The number of nitrogens with zero attached hydrogens (tertiary/aromatic N) is 1. The first-order valence-electron chi connectivity index (χ1n) is 8.52. The van der Waals surface area contributed by atoms with Gasteiger partial charge in [0, 0.05) is 16.8 Å². The lowest BCUT2D eigenvalue weighted by Crippen LogP contribution is -2.07. The lowest BCUT2D eigenvalue weighted by Gasteiger charge is -2.06. The molecule has 2 N–H and O–H groups in total. The van der Waals surface area contributed by atoms with Crippen LogP contribution in [-0.4, -0.2) is 16.0 Å². The zero-order chi connectivity index (χ0) is 19.5. The second-order valence-electron chi connectivity index (χ2n) is 6.09. The Kier molecular flexibility index (Phi) is 4.83. The molecule has 6 heteroatoms. The van der Waals surface area contributed by atoms with Crippen LogP contribution in [0.2, 0.25) is 5.02 Å². The van der Waals surface area contributed by atoms with Gasteiger partial charge in [0.2, 0.25) is 11.8 Å². The van der Waals surface area contributed by atoms with E-state index in [-0.39, 0.29) is 17.5 Å². The molecule has 28 heavy (non-hydrogen) atoms. The van der Waals surface area contributed by atoms with Gasteiger partial charge >= 0.3 is 0 Å². The van der Waals surface area contributed by atoms with Gasteiger partial charge in [0.15, 0.2) is 5.58 Å². The summed E-state index contributed by atoms with van der Waals surface area (Å²) >= 11 is 5.85. The molecule has 5 nitrogen and oxygen atoms in total. The topological polar surface area (TPSA) is 75.4 Å². The number of aromatic nitrogens is 1. The number of halogens is 1. The lowest BCUT2D eigenvalue weighted by atomic mass is 10.1. The maximum absolute atomic E-state index is 12.2. The molecule has 0 bridgehead atoms. The number of phenols is 1. The molecule has 0 unspecified atom stereocenters. The fourth-order valence-electron chi connectivity index (χ4n) is 2.70. The van der Waals surface area contributed by atoms with Crippen molar-refractivity contribution in [2.45, 2.75) is 0 Å². The quantitative estimate of drug-likeness (QED) is 0.356. The molecule has 0 aliphatic carbocycles. The van der Waals surface area contributed by atoms with Crippen LogP contribution in [0.5, 0.6) is 5.75 Å². The summed E-state index contributed by atoms with van der Waals surface area (Å²) in [6.45, 7) is 0. The van der Waals surface area contributed by atoms with Crippen molar-refractivity contribution >= 4 is 40.4 Å². The molecular weight excluding hydrogens is 376 g/mol. The normalized spacial score (nSPS) is 11.2. The van der Waals surface area contributed by atoms with Crippen molar-refractivity contribution < 1.29 is 14.3 Å². The molecule has 4 aromatic rings. The van der Waals surface area contributed by atoms with Crippen LogP contribution in [0.25, 0.3) is 28.6 Å². The summed E-state index contributed by atoms with van der Waals surface area (Å²) < 4.78 is 5.70. The summed E-state index contributed by atoms with van der Waals surface area (Å²) in [6.07, 6.45) is 3.11. The number of anilines is 1. The van der Waals surface area contributed by atoms with Gasteiger partial charge in [0.25, 0.3) is 0 Å². The van der Waals surface area contributed by atoms with Crippen molar-refractivity contribution in [2.24, 2.45) is 0 Å². The van der Waals surface area contributed by atoms with Gasteiger partial charge in [0.1, 0.15) is 11.3 Å². The largest absolute Gasteiger partial charge is 0.507 e. The van der Waals surface area contributed by atoms with E-state index in [1.807, 2.05) is 30.3 Å². The smallest absolute Gasteiger partial charge is 0.248 e. The van der Waals surface area contributed by atoms with E-state index < -0.39 is 0 Å². The zero-order valence-electron chi connectivity index (χ0n) is 14.6. The number of para-hydroxylation sites is 2. The number of phenolic OH excluding ortho intramolecular Hbond substituents is 1.